The number of rotatable bonds is 5. The molecule has 162 valence electrons. The number of aromatic amines is 1. The van der Waals surface area contributed by atoms with Crippen LogP contribution >= 0.6 is 0 Å². The Labute approximate surface area is 186 Å². The third-order valence-corrected chi connectivity index (χ3v) is 6.09. The predicted molar refractivity (Wildman–Crippen MR) is 127 cm³/mol. The molecule has 32 heavy (non-hydrogen) atoms. The fraction of sp³-hybridized carbons (Fsp3) is 0.269. The van der Waals surface area contributed by atoms with E-state index in [4.69, 9.17) is 9.72 Å². The van der Waals surface area contributed by atoms with Crippen molar-refractivity contribution in [3.8, 4) is 11.1 Å². The first-order valence-electron chi connectivity index (χ1n) is 11.0. The highest BCUT2D eigenvalue weighted by Gasteiger charge is 2.21. The monoisotopic (exact) mass is 426 g/mol. The molecule has 3 heterocycles. The summed E-state index contributed by atoms with van der Waals surface area (Å²) in [7, 11) is 0. The van der Waals surface area contributed by atoms with Gasteiger partial charge < -0.3 is 9.72 Å². The molecular formula is C26H26N4O2. The van der Waals surface area contributed by atoms with Crippen LogP contribution in [0, 0.1) is 0 Å². The molecule has 1 fully saturated rings. The van der Waals surface area contributed by atoms with Crippen molar-refractivity contribution in [1.82, 2.24) is 19.7 Å². The molecule has 1 aliphatic rings. The van der Waals surface area contributed by atoms with Gasteiger partial charge in [-0.25, -0.2) is 9.67 Å². The van der Waals surface area contributed by atoms with E-state index in [-0.39, 0.29) is 11.6 Å². The minimum atomic E-state index is -0.148. The van der Waals surface area contributed by atoms with Gasteiger partial charge in [-0.15, -0.1) is 0 Å². The number of H-pyrrole nitrogens is 1. The normalized spacial score (nSPS) is 14.7. The summed E-state index contributed by atoms with van der Waals surface area (Å²) in [6.07, 6.45) is 3.90. The number of nitrogens with zero attached hydrogens (tertiary/aromatic N) is 3. The largest absolute Gasteiger partial charge is 0.381 e. The first kappa shape index (κ1) is 20.4. The van der Waals surface area contributed by atoms with E-state index in [2.05, 4.69) is 53.1 Å². The van der Waals surface area contributed by atoms with Crippen molar-refractivity contribution in [2.24, 2.45) is 0 Å². The van der Waals surface area contributed by atoms with Gasteiger partial charge in [0.05, 0.1) is 12.2 Å². The second kappa shape index (κ2) is 8.55. The third-order valence-electron chi connectivity index (χ3n) is 6.09. The maximum absolute atomic E-state index is 12.8. The fourth-order valence-corrected chi connectivity index (χ4v) is 4.35. The molecule has 1 saturated heterocycles. The van der Waals surface area contributed by atoms with E-state index in [1.165, 1.54) is 0 Å². The molecule has 0 amide bonds. The van der Waals surface area contributed by atoms with Gasteiger partial charge in [-0.05, 0) is 48.1 Å². The molecular weight excluding hydrogens is 400 g/mol. The molecule has 0 saturated carbocycles. The Balaban J connectivity index is 1.54. The summed E-state index contributed by atoms with van der Waals surface area (Å²) in [4.78, 5) is 20.6. The van der Waals surface area contributed by atoms with Crippen LogP contribution in [0.15, 0.2) is 66.1 Å². The Hall–Kier alpha value is -3.51. The summed E-state index contributed by atoms with van der Waals surface area (Å²) in [5.74, 6) is 0.639. The van der Waals surface area contributed by atoms with E-state index in [1.54, 1.807) is 6.20 Å². The van der Waals surface area contributed by atoms with Gasteiger partial charge in [0, 0.05) is 19.6 Å². The lowest BCUT2D eigenvalue weighted by atomic mass is 9.95. The minimum Gasteiger partial charge on any atom is -0.381 e. The van der Waals surface area contributed by atoms with Crippen LogP contribution in [-0.4, -0.2) is 33.0 Å². The first-order chi connectivity index (χ1) is 15.6. The van der Waals surface area contributed by atoms with Crippen LogP contribution in [0.5, 0.6) is 0 Å². The molecule has 0 aliphatic carbocycles. The third kappa shape index (κ3) is 3.89. The van der Waals surface area contributed by atoms with Crippen LogP contribution in [0.4, 0.5) is 0 Å². The quantitative estimate of drug-likeness (QED) is 0.499. The fourth-order valence-electron chi connectivity index (χ4n) is 4.35. The van der Waals surface area contributed by atoms with Gasteiger partial charge in [0.25, 0.3) is 5.56 Å². The van der Waals surface area contributed by atoms with E-state index in [9.17, 15) is 4.79 Å². The zero-order valence-corrected chi connectivity index (χ0v) is 18.2. The average molecular weight is 427 g/mol. The van der Waals surface area contributed by atoms with Crippen molar-refractivity contribution < 1.29 is 4.74 Å². The first-order valence-corrected chi connectivity index (χ1v) is 11.0. The number of benzene rings is 2. The van der Waals surface area contributed by atoms with Gasteiger partial charge in [0.2, 0.25) is 0 Å². The molecule has 4 aromatic rings. The van der Waals surface area contributed by atoms with Gasteiger partial charge in [-0.3, -0.25) is 4.79 Å². The van der Waals surface area contributed by atoms with Crippen LogP contribution < -0.4 is 5.56 Å². The highest BCUT2D eigenvalue weighted by molar-refractivity contribution is 5.74. The molecule has 0 atom stereocenters. The summed E-state index contributed by atoms with van der Waals surface area (Å²) in [6.45, 7) is 7.49. The number of nitrogens with one attached hydrogen (secondary N) is 1. The van der Waals surface area contributed by atoms with Crippen molar-refractivity contribution >= 4 is 16.6 Å². The number of hydrogen-bond acceptors (Lipinski definition) is 4. The number of fused-ring (bicyclic) bond motifs is 1. The molecule has 6 nitrogen and oxygen atoms in total. The maximum Gasteiger partial charge on any atom is 0.262 e. The lowest BCUT2D eigenvalue weighted by molar-refractivity contribution is 0.0673. The van der Waals surface area contributed by atoms with E-state index in [0.717, 1.165) is 40.7 Å². The Bertz CT molecular complexity index is 1350. The molecule has 2 aromatic heterocycles. The van der Waals surface area contributed by atoms with Crippen LogP contribution in [0.3, 0.4) is 0 Å². The number of aromatic nitrogens is 4. The van der Waals surface area contributed by atoms with Gasteiger partial charge >= 0.3 is 0 Å². The van der Waals surface area contributed by atoms with E-state index < -0.39 is 0 Å². The number of ether oxygens (including phenoxy) is 1. The second-order valence-electron chi connectivity index (χ2n) is 8.38. The van der Waals surface area contributed by atoms with Crippen LogP contribution in [-0.2, 0) is 11.2 Å². The SMILES string of the molecule is C=C(C)c1cccc(-c2ccccc2Cc2nc3c(cnn3C3CCOCC3)c(=O)[nH]2)c1. The Kier molecular flexibility index (Phi) is 5.45. The van der Waals surface area contributed by atoms with Gasteiger partial charge in [-0.1, -0.05) is 54.6 Å². The van der Waals surface area contributed by atoms with Gasteiger partial charge in [-0.2, -0.15) is 5.10 Å². The minimum absolute atomic E-state index is 0.148. The molecule has 0 spiro atoms. The van der Waals surface area contributed by atoms with E-state index >= 15 is 0 Å². The molecule has 0 bridgehead atoms. The zero-order chi connectivity index (χ0) is 22.1. The van der Waals surface area contributed by atoms with Crippen LogP contribution in [0.2, 0.25) is 0 Å². The summed E-state index contributed by atoms with van der Waals surface area (Å²) in [5, 5.41) is 5.02. The van der Waals surface area contributed by atoms with Crippen molar-refractivity contribution in [3.63, 3.8) is 0 Å². The van der Waals surface area contributed by atoms with Gasteiger partial charge in [0.15, 0.2) is 5.65 Å². The van der Waals surface area contributed by atoms with Crippen molar-refractivity contribution in [1.29, 1.82) is 0 Å². The summed E-state index contributed by atoms with van der Waals surface area (Å²) >= 11 is 0. The summed E-state index contributed by atoms with van der Waals surface area (Å²) in [5.41, 5.74) is 5.99. The zero-order valence-electron chi connectivity index (χ0n) is 18.2. The van der Waals surface area contributed by atoms with Gasteiger partial charge in [0.1, 0.15) is 11.2 Å². The Morgan fingerprint density at radius 1 is 1.19 bits per heavy atom. The molecule has 2 aromatic carbocycles. The molecule has 0 radical (unpaired) electrons. The Morgan fingerprint density at radius 2 is 2.00 bits per heavy atom. The van der Waals surface area contributed by atoms with E-state index in [0.29, 0.717) is 36.5 Å². The van der Waals surface area contributed by atoms with Crippen LogP contribution in [0.1, 0.15) is 42.8 Å². The smallest absolute Gasteiger partial charge is 0.262 e. The molecule has 5 rings (SSSR count). The van der Waals surface area contributed by atoms with Crippen molar-refractivity contribution in [2.75, 3.05) is 13.2 Å². The Morgan fingerprint density at radius 3 is 2.81 bits per heavy atom. The van der Waals surface area contributed by atoms with Crippen molar-refractivity contribution in [2.45, 2.75) is 32.2 Å². The summed E-state index contributed by atoms with van der Waals surface area (Å²) in [6, 6.07) is 16.8. The molecule has 1 aliphatic heterocycles. The lowest BCUT2D eigenvalue weighted by Gasteiger charge is -2.22. The van der Waals surface area contributed by atoms with E-state index in [1.807, 2.05) is 23.7 Å². The summed E-state index contributed by atoms with van der Waals surface area (Å²) < 4.78 is 7.38. The average Bonchev–Trinajstić information content (AvgIpc) is 3.25. The topological polar surface area (TPSA) is 72.8 Å². The molecule has 1 N–H and O–H groups in total. The number of allylic oxidation sites excluding steroid dienone is 1. The van der Waals surface area contributed by atoms with Crippen LogP contribution in [0.25, 0.3) is 27.7 Å². The highest BCUT2D eigenvalue weighted by Crippen LogP contribution is 2.28. The highest BCUT2D eigenvalue weighted by atomic mass is 16.5. The molecule has 6 heteroatoms. The standard InChI is InChI=1S/C26H26N4O2/c1-17(2)18-7-5-8-19(14-18)22-9-4-3-6-20(22)15-24-28-25-23(26(31)29-24)16-27-30(25)21-10-12-32-13-11-21/h3-9,14,16,21H,1,10-13,15H2,2H3,(H,28,29,31). The predicted octanol–water partition coefficient (Wildman–Crippen LogP) is 4.76. The van der Waals surface area contributed by atoms with Crippen molar-refractivity contribution in [3.05, 3.63) is 88.6 Å². The second-order valence-corrected chi connectivity index (χ2v) is 8.38. The lowest BCUT2D eigenvalue weighted by Crippen LogP contribution is -2.21. The molecule has 0 unspecified atom stereocenters. The number of hydrogen-bond donors (Lipinski definition) is 1. The maximum atomic E-state index is 12.8.